The molecule has 0 saturated heterocycles. The number of pyridine rings is 1. The minimum absolute atomic E-state index is 0.196. The highest BCUT2D eigenvalue weighted by Gasteiger charge is 2.08. The maximum Gasteiger partial charge on any atom is 0.269 e. The van der Waals surface area contributed by atoms with E-state index < -0.39 is 0 Å². The normalized spacial score (nSPS) is 10.6. The number of hydrogen-bond donors (Lipinski definition) is 1. The Hall–Kier alpha value is -1.65. The number of para-hydroxylation sites is 1. The van der Waals surface area contributed by atoms with Crippen molar-refractivity contribution >= 4 is 28.4 Å². The van der Waals surface area contributed by atoms with Gasteiger partial charge in [-0.2, -0.15) is 0 Å². The smallest absolute Gasteiger partial charge is 0.269 e. The molecule has 4 nitrogen and oxygen atoms in total. The second-order valence-corrected chi connectivity index (χ2v) is 4.52. The van der Waals surface area contributed by atoms with Crippen LogP contribution in [0.4, 0.5) is 0 Å². The molecule has 0 atom stereocenters. The summed E-state index contributed by atoms with van der Waals surface area (Å²) in [5.74, 6) is -0.196. The van der Waals surface area contributed by atoms with Crippen molar-refractivity contribution < 1.29 is 9.53 Å². The molecule has 19 heavy (non-hydrogen) atoms. The first kappa shape index (κ1) is 13.8. The summed E-state index contributed by atoms with van der Waals surface area (Å²) in [5, 5.41) is 4.26. The molecule has 1 aromatic carbocycles. The van der Waals surface area contributed by atoms with Gasteiger partial charge in [-0.3, -0.25) is 4.79 Å². The molecule has 0 bridgehead atoms. The monoisotopic (exact) mass is 278 g/mol. The molecular formula is C14H15ClN2O2. The van der Waals surface area contributed by atoms with E-state index in [1.54, 1.807) is 19.2 Å². The third-order valence-corrected chi connectivity index (χ3v) is 3.02. The summed E-state index contributed by atoms with van der Waals surface area (Å²) in [4.78, 5) is 16.2. The summed E-state index contributed by atoms with van der Waals surface area (Å²) in [6.45, 7) is 1.19. The van der Waals surface area contributed by atoms with Crippen molar-refractivity contribution in [2.24, 2.45) is 0 Å². The van der Waals surface area contributed by atoms with E-state index in [9.17, 15) is 4.79 Å². The van der Waals surface area contributed by atoms with Crippen LogP contribution in [0.2, 0.25) is 5.02 Å². The summed E-state index contributed by atoms with van der Waals surface area (Å²) in [6.07, 6.45) is 0.774. The van der Waals surface area contributed by atoms with Gasteiger partial charge in [-0.05, 0) is 18.6 Å². The van der Waals surface area contributed by atoms with Crippen molar-refractivity contribution in [1.29, 1.82) is 0 Å². The lowest BCUT2D eigenvalue weighted by atomic mass is 10.2. The molecule has 0 unspecified atom stereocenters. The summed E-state index contributed by atoms with van der Waals surface area (Å²) >= 11 is 6.07. The van der Waals surface area contributed by atoms with E-state index in [0.29, 0.717) is 29.4 Å². The molecule has 0 aliphatic heterocycles. The summed E-state index contributed by atoms with van der Waals surface area (Å²) in [7, 11) is 1.63. The van der Waals surface area contributed by atoms with Crippen LogP contribution in [0.3, 0.4) is 0 Å². The van der Waals surface area contributed by atoms with Crippen molar-refractivity contribution in [2.45, 2.75) is 6.42 Å². The van der Waals surface area contributed by atoms with Gasteiger partial charge in [0.1, 0.15) is 5.69 Å². The van der Waals surface area contributed by atoms with Gasteiger partial charge < -0.3 is 10.1 Å². The average Bonchev–Trinajstić information content (AvgIpc) is 2.43. The lowest BCUT2D eigenvalue weighted by Crippen LogP contribution is -2.26. The van der Waals surface area contributed by atoms with Crippen LogP contribution in [0, 0.1) is 0 Å². The fourth-order valence-corrected chi connectivity index (χ4v) is 1.97. The highest BCUT2D eigenvalue weighted by molar-refractivity contribution is 6.35. The SMILES string of the molecule is COCCCNC(=O)c1ccc2cccc(Cl)c2n1. The van der Waals surface area contributed by atoms with Crippen LogP contribution in [-0.4, -0.2) is 31.2 Å². The highest BCUT2D eigenvalue weighted by atomic mass is 35.5. The molecule has 0 aliphatic carbocycles. The molecule has 2 aromatic rings. The van der Waals surface area contributed by atoms with E-state index >= 15 is 0 Å². The molecule has 1 amide bonds. The molecule has 5 heteroatoms. The quantitative estimate of drug-likeness (QED) is 0.856. The van der Waals surface area contributed by atoms with Gasteiger partial charge in [0.05, 0.1) is 10.5 Å². The van der Waals surface area contributed by atoms with E-state index in [2.05, 4.69) is 10.3 Å². The number of carbonyl (C=O) groups is 1. The maximum absolute atomic E-state index is 11.9. The fraction of sp³-hybridized carbons (Fsp3) is 0.286. The zero-order chi connectivity index (χ0) is 13.7. The number of aromatic nitrogens is 1. The fourth-order valence-electron chi connectivity index (χ4n) is 1.75. The van der Waals surface area contributed by atoms with E-state index in [4.69, 9.17) is 16.3 Å². The number of rotatable bonds is 5. The van der Waals surface area contributed by atoms with Gasteiger partial charge in [0, 0.05) is 25.6 Å². The number of hydrogen-bond acceptors (Lipinski definition) is 3. The Morgan fingerprint density at radius 2 is 2.21 bits per heavy atom. The number of halogens is 1. The molecule has 1 N–H and O–H groups in total. The Bertz CT molecular complexity index is 587. The van der Waals surface area contributed by atoms with Crippen LogP contribution in [0.1, 0.15) is 16.9 Å². The number of benzene rings is 1. The van der Waals surface area contributed by atoms with Gasteiger partial charge in [-0.1, -0.05) is 29.8 Å². The summed E-state index contributed by atoms with van der Waals surface area (Å²) < 4.78 is 4.92. The standard InChI is InChI=1S/C14H15ClN2O2/c1-19-9-3-8-16-14(18)12-7-6-10-4-2-5-11(15)13(10)17-12/h2,4-7H,3,8-9H2,1H3,(H,16,18). The number of carbonyl (C=O) groups excluding carboxylic acids is 1. The lowest BCUT2D eigenvalue weighted by molar-refractivity contribution is 0.0944. The minimum atomic E-state index is -0.196. The largest absolute Gasteiger partial charge is 0.385 e. The number of methoxy groups -OCH3 is 1. The van der Waals surface area contributed by atoms with Gasteiger partial charge in [0.25, 0.3) is 5.91 Å². The average molecular weight is 279 g/mol. The zero-order valence-electron chi connectivity index (χ0n) is 10.6. The Morgan fingerprint density at radius 1 is 1.37 bits per heavy atom. The second kappa shape index (κ2) is 6.50. The molecule has 0 fully saturated rings. The van der Waals surface area contributed by atoms with Gasteiger partial charge in [-0.25, -0.2) is 4.98 Å². The molecule has 0 aliphatic rings. The van der Waals surface area contributed by atoms with Crippen molar-refractivity contribution in [1.82, 2.24) is 10.3 Å². The molecule has 0 radical (unpaired) electrons. The highest BCUT2D eigenvalue weighted by Crippen LogP contribution is 2.21. The predicted molar refractivity (Wildman–Crippen MR) is 75.6 cm³/mol. The van der Waals surface area contributed by atoms with Crippen LogP contribution in [0.15, 0.2) is 30.3 Å². The van der Waals surface area contributed by atoms with Crippen LogP contribution in [0.25, 0.3) is 10.9 Å². The first-order valence-corrected chi connectivity index (χ1v) is 6.42. The molecule has 0 saturated carbocycles. The Labute approximate surface area is 116 Å². The zero-order valence-corrected chi connectivity index (χ0v) is 11.4. The summed E-state index contributed by atoms with van der Waals surface area (Å²) in [5.41, 5.74) is 1.02. The minimum Gasteiger partial charge on any atom is -0.385 e. The number of amides is 1. The summed E-state index contributed by atoms with van der Waals surface area (Å²) in [6, 6.07) is 9.07. The molecule has 1 heterocycles. The van der Waals surface area contributed by atoms with E-state index in [1.165, 1.54) is 0 Å². The van der Waals surface area contributed by atoms with Gasteiger partial charge in [0.15, 0.2) is 0 Å². The third-order valence-electron chi connectivity index (χ3n) is 2.71. The van der Waals surface area contributed by atoms with Crippen molar-refractivity contribution in [3.8, 4) is 0 Å². The van der Waals surface area contributed by atoms with Gasteiger partial charge >= 0.3 is 0 Å². The van der Waals surface area contributed by atoms with Gasteiger partial charge in [-0.15, -0.1) is 0 Å². The third kappa shape index (κ3) is 3.43. The van der Waals surface area contributed by atoms with Crippen LogP contribution >= 0.6 is 11.6 Å². The lowest BCUT2D eigenvalue weighted by Gasteiger charge is -2.06. The van der Waals surface area contributed by atoms with Crippen molar-refractivity contribution in [2.75, 3.05) is 20.3 Å². The Balaban J connectivity index is 2.12. The topological polar surface area (TPSA) is 51.2 Å². The van der Waals surface area contributed by atoms with E-state index in [1.807, 2.05) is 18.2 Å². The van der Waals surface area contributed by atoms with E-state index in [-0.39, 0.29) is 5.91 Å². The Morgan fingerprint density at radius 3 is 3.00 bits per heavy atom. The number of ether oxygens (including phenoxy) is 1. The van der Waals surface area contributed by atoms with Crippen molar-refractivity contribution in [3.05, 3.63) is 41.0 Å². The number of nitrogens with one attached hydrogen (secondary N) is 1. The van der Waals surface area contributed by atoms with E-state index in [0.717, 1.165) is 11.8 Å². The maximum atomic E-state index is 11.9. The van der Waals surface area contributed by atoms with Crippen molar-refractivity contribution in [3.63, 3.8) is 0 Å². The predicted octanol–water partition coefficient (Wildman–Crippen LogP) is 2.65. The molecular weight excluding hydrogens is 264 g/mol. The number of fused-ring (bicyclic) bond motifs is 1. The first-order valence-electron chi connectivity index (χ1n) is 6.05. The first-order chi connectivity index (χ1) is 9.22. The van der Waals surface area contributed by atoms with Gasteiger partial charge in [0.2, 0.25) is 0 Å². The van der Waals surface area contributed by atoms with Crippen LogP contribution in [0.5, 0.6) is 0 Å². The second-order valence-electron chi connectivity index (χ2n) is 4.11. The van der Waals surface area contributed by atoms with Crippen LogP contribution in [-0.2, 0) is 4.74 Å². The van der Waals surface area contributed by atoms with Crippen LogP contribution < -0.4 is 5.32 Å². The number of nitrogens with zero attached hydrogens (tertiary/aromatic N) is 1. The molecule has 2 rings (SSSR count). The molecule has 0 spiro atoms. The molecule has 1 aromatic heterocycles. The Kier molecular flexibility index (Phi) is 4.71. The molecule has 100 valence electrons.